The van der Waals surface area contributed by atoms with Gasteiger partial charge in [0.1, 0.15) is 16.8 Å². The van der Waals surface area contributed by atoms with Crippen molar-refractivity contribution in [2.24, 2.45) is 7.05 Å². The summed E-state index contributed by atoms with van der Waals surface area (Å²) in [5.74, 6) is 0. The highest BCUT2D eigenvalue weighted by Crippen LogP contribution is 2.27. The van der Waals surface area contributed by atoms with Gasteiger partial charge in [-0.15, -0.1) is 0 Å². The molecule has 0 amide bonds. The first-order valence-corrected chi connectivity index (χ1v) is 10.3. The third-order valence-corrected chi connectivity index (χ3v) is 5.99. The maximum atomic E-state index is 12.9. The molecule has 1 saturated heterocycles. The molecule has 1 aliphatic rings. The van der Waals surface area contributed by atoms with Crippen LogP contribution in [0.1, 0.15) is 18.4 Å². The summed E-state index contributed by atoms with van der Waals surface area (Å²) in [4.78, 5) is 18.6. The van der Waals surface area contributed by atoms with E-state index in [0.29, 0.717) is 30.0 Å². The number of imidazole rings is 1. The molecule has 1 atom stereocenters. The Bertz CT molecular complexity index is 1220. The van der Waals surface area contributed by atoms with Gasteiger partial charge in [0.25, 0.3) is 6.43 Å². The smallest absolute Gasteiger partial charge is 0.328 e. The molecule has 0 bridgehead atoms. The van der Waals surface area contributed by atoms with Crippen molar-refractivity contribution in [3.63, 3.8) is 0 Å². The first-order valence-electron chi connectivity index (χ1n) is 9.92. The van der Waals surface area contributed by atoms with E-state index in [1.165, 1.54) is 6.20 Å². The van der Waals surface area contributed by atoms with Gasteiger partial charge < -0.3 is 5.32 Å². The van der Waals surface area contributed by atoms with E-state index in [1.807, 2.05) is 18.2 Å². The largest absolute Gasteiger partial charge is 0.354 e. The van der Waals surface area contributed by atoms with Crippen LogP contribution in [-0.4, -0.2) is 44.6 Å². The number of benzene rings is 1. The number of hydrogen-bond acceptors (Lipinski definition) is 5. The Kier molecular flexibility index (Phi) is 5.94. The molecule has 0 aliphatic carbocycles. The number of nitriles is 1. The molecule has 10 heteroatoms. The maximum absolute atomic E-state index is 12.9. The van der Waals surface area contributed by atoms with E-state index in [1.54, 1.807) is 33.2 Å². The van der Waals surface area contributed by atoms with Crippen LogP contribution in [0.15, 0.2) is 35.3 Å². The number of fused-ring (bicyclic) bond motifs is 1. The molecule has 0 unspecified atom stereocenters. The van der Waals surface area contributed by atoms with Crippen LogP contribution in [-0.2, 0) is 13.6 Å². The second-order valence-electron chi connectivity index (χ2n) is 7.60. The Morgan fingerprint density at radius 2 is 2.16 bits per heavy atom. The fraction of sp³-hybridized carbons (Fsp3) is 0.381. The quantitative estimate of drug-likeness (QED) is 0.584. The Morgan fingerprint density at radius 1 is 1.35 bits per heavy atom. The van der Waals surface area contributed by atoms with Crippen LogP contribution >= 0.6 is 11.6 Å². The zero-order valence-electron chi connectivity index (χ0n) is 16.9. The van der Waals surface area contributed by atoms with E-state index in [2.05, 4.69) is 10.3 Å². The average molecular weight is 447 g/mol. The molecule has 3 aromatic rings. The molecular weight excluding hydrogens is 426 g/mol. The van der Waals surface area contributed by atoms with Crippen molar-refractivity contribution in [1.29, 1.82) is 5.26 Å². The van der Waals surface area contributed by atoms with E-state index in [9.17, 15) is 18.8 Å². The minimum absolute atomic E-state index is 0.102. The number of likely N-dealkylation sites (tertiary alicyclic amines) is 1. The summed E-state index contributed by atoms with van der Waals surface area (Å²) in [6, 6.07) is 9.00. The van der Waals surface area contributed by atoms with Crippen molar-refractivity contribution >= 4 is 34.0 Å². The van der Waals surface area contributed by atoms with Gasteiger partial charge >= 0.3 is 5.69 Å². The summed E-state index contributed by atoms with van der Waals surface area (Å²) in [7, 11) is 1.69. The standard InChI is InChI=1S/C21H21ClF2N6O/c1-28-17-5-4-13(27-16-6-7-26-20(22)15(16)10-25)9-18(17)30(21(28)31)11-14-3-2-8-29(14)12-19(23)24/h4-7,9,14,19H,2-3,8,11-12H2,1H3,(H,26,27)/t14-/m0/s1. The molecular formula is C21H21ClF2N6O. The average Bonchev–Trinajstić information content (AvgIpc) is 3.25. The highest BCUT2D eigenvalue weighted by atomic mass is 35.5. The van der Waals surface area contributed by atoms with Gasteiger partial charge in [0.15, 0.2) is 0 Å². The number of nitrogens with zero attached hydrogens (tertiary/aromatic N) is 5. The number of anilines is 2. The van der Waals surface area contributed by atoms with E-state index in [4.69, 9.17) is 11.6 Å². The minimum Gasteiger partial charge on any atom is -0.354 e. The molecule has 1 N–H and O–H groups in total. The SMILES string of the molecule is Cn1c(=O)n(C[C@@H]2CCCN2CC(F)F)c2cc(Nc3ccnc(Cl)c3C#N)ccc21. The van der Waals surface area contributed by atoms with Crippen molar-refractivity contribution in [3.05, 3.63) is 51.7 Å². The molecule has 2 aromatic heterocycles. The van der Waals surface area contributed by atoms with Crippen molar-refractivity contribution in [2.45, 2.75) is 31.9 Å². The fourth-order valence-electron chi connectivity index (χ4n) is 4.20. The van der Waals surface area contributed by atoms with Gasteiger partial charge in [-0.05, 0) is 43.7 Å². The van der Waals surface area contributed by atoms with Crippen LogP contribution in [0.2, 0.25) is 5.15 Å². The van der Waals surface area contributed by atoms with E-state index < -0.39 is 6.43 Å². The van der Waals surface area contributed by atoms with Gasteiger partial charge in [-0.3, -0.25) is 14.0 Å². The minimum atomic E-state index is -2.40. The van der Waals surface area contributed by atoms with Gasteiger partial charge in [0.2, 0.25) is 0 Å². The van der Waals surface area contributed by atoms with E-state index >= 15 is 0 Å². The highest BCUT2D eigenvalue weighted by Gasteiger charge is 2.28. The van der Waals surface area contributed by atoms with Crippen molar-refractivity contribution in [2.75, 3.05) is 18.4 Å². The first kappa shape index (κ1) is 21.3. The summed E-state index contributed by atoms with van der Waals surface area (Å²) in [5, 5.41) is 12.6. The van der Waals surface area contributed by atoms with E-state index in [0.717, 1.165) is 18.4 Å². The molecule has 0 saturated carbocycles. The lowest BCUT2D eigenvalue weighted by molar-refractivity contribution is 0.0786. The normalized spacial score (nSPS) is 16.8. The molecule has 31 heavy (non-hydrogen) atoms. The monoisotopic (exact) mass is 446 g/mol. The van der Waals surface area contributed by atoms with Crippen LogP contribution in [0.4, 0.5) is 20.2 Å². The molecule has 0 radical (unpaired) electrons. The molecule has 3 heterocycles. The topological polar surface area (TPSA) is 78.9 Å². The van der Waals surface area contributed by atoms with Gasteiger partial charge in [-0.25, -0.2) is 18.6 Å². The molecule has 4 rings (SSSR count). The number of hydrogen-bond donors (Lipinski definition) is 1. The molecule has 1 fully saturated rings. The predicted octanol–water partition coefficient (Wildman–Crippen LogP) is 3.73. The molecule has 1 aromatic carbocycles. The number of nitrogens with one attached hydrogen (secondary N) is 1. The number of pyridine rings is 1. The van der Waals surface area contributed by atoms with Crippen LogP contribution in [0.25, 0.3) is 11.0 Å². The molecule has 1 aliphatic heterocycles. The van der Waals surface area contributed by atoms with Crippen LogP contribution in [0.5, 0.6) is 0 Å². The van der Waals surface area contributed by atoms with Crippen molar-refractivity contribution in [1.82, 2.24) is 19.0 Å². The van der Waals surface area contributed by atoms with Crippen molar-refractivity contribution < 1.29 is 8.78 Å². The van der Waals surface area contributed by atoms with Gasteiger partial charge in [-0.2, -0.15) is 5.26 Å². The zero-order chi connectivity index (χ0) is 22.1. The van der Waals surface area contributed by atoms with Crippen LogP contribution in [0, 0.1) is 11.3 Å². The van der Waals surface area contributed by atoms with Crippen LogP contribution in [0.3, 0.4) is 0 Å². The number of halogens is 3. The lowest BCUT2D eigenvalue weighted by Gasteiger charge is -2.24. The Balaban J connectivity index is 1.69. The summed E-state index contributed by atoms with van der Waals surface area (Å²) in [5.41, 5.74) is 2.64. The Hall–Kier alpha value is -2.96. The van der Waals surface area contributed by atoms with Gasteiger partial charge in [0, 0.05) is 31.5 Å². The number of aromatic nitrogens is 3. The Morgan fingerprint density at radius 3 is 2.90 bits per heavy atom. The lowest BCUT2D eigenvalue weighted by Crippen LogP contribution is -2.38. The molecule has 162 valence electrons. The summed E-state index contributed by atoms with van der Waals surface area (Å²) in [6.07, 6.45) is 0.708. The molecule has 7 nitrogen and oxygen atoms in total. The second-order valence-corrected chi connectivity index (χ2v) is 7.96. The number of rotatable bonds is 6. The Labute approximate surface area is 182 Å². The molecule has 0 spiro atoms. The maximum Gasteiger partial charge on any atom is 0.328 e. The second kappa shape index (κ2) is 8.65. The van der Waals surface area contributed by atoms with E-state index in [-0.39, 0.29) is 29.0 Å². The van der Waals surface area contributed by atoms with Gasteiger partial charge in [0.05, 0.1) is 23.3 Å². The number of aryl methyl sites for hydroxylation is 1. The van der Waals surface area contributed by atoms with Crippen molar-refractivity contribution in [3.8, 4) is 6.07 Å². The van der Waals surface area contributed by atoms with Crippen LogP contribution < -0.4 is 11.0 Å². The van der Waals surface area contributed by atoms with Gasteiger partial charge in [-0.1, -0.05) is 11.6 Å². The first-order chi connectivity index (χ1) is 14.9. The summed E-state index contributed by atoms with van der Waals surface area (Å²) in [6.45, 7) is 0.675. The fourth-order valence-corrected chi connectivity index (χ4v) is 4.40. The summed E-state index contributed by atoms with van der Waals surface area (Å²) >= 11 is 6.00. The summed E-state index contributed by atoms with van der Waals surface area (Å²) < 4.78 is 29.0. The highest BCUT2D eigenvalue weighted by molar-refractivity contribution is 6.31. The predicted molar refractivity (Wildman–Crippen MR) is 115 cm³/mol. The number of alkyl halides is 2. The third kappa shape index (κ3) is 4.13. The lowest BCUT2D eigenvalue weighted by atomic mass is 10.2. The zero-order valence-corrected chi connectivity index (χ0v) is 17.6. The third-order valence-electron chi connectivity index (χ3n) is 5.71.